The number of benzene rings is 1. The van der Waals surface area contributed by atoms with Gasteiger partial charge in [0.15, 0.2) is 0 Å². The Morgan fingerprint density at radius 2 is 2.19 bits per heavy atom. The number of anilines is 1. The van der Waals surface area contributed by atoms with Crippen LogP contribution in [0.25, 0.3) is 0 Å². The molecule has 0 saturated heterocycles. The number of aryl methyl sites for hydroxylation is 1. The zero-order chi connectivity index (χ0) is 15.6. The average Bonchev–Trinajstić information content (AvgIpc) is 2.81. The maximum atomic E-state index is 11.5. The van der Waals surface area contributed by atoms with Crippen molar-refractivity contribution in [3.8, 4) is 11.8 Å². The van der Waals surface area contributed by atoms with E-state index in [1.807, 2.05) is 0 Å². The fourth-order valence-corrected chi connectivity index (χ4v) is 2.58. The topological polar surface area (TPSA) is 145 Å². The first-order valence-electron chi connectivity index (χ1n) is 5.73. The summed E-state index contributed by atoms with van der Waals surface area (Å²) in [5.74, 6) is 0.660. The predicted octanol–water partition coefficient (Wildman–Crippen LogP) is 0.663. The fraction of sp³-hybridized carbons (Fsp3) is 0.167. The van der Waals surface area contributed by atoms with Crippen LogP contribution in [-0.2, 0) is 16.6 Å². The second-order valence-corrected chi connectivity index (χ2v) is 5.73. The van der Waals surface area contributed by atoms with E-state index < -0.39 is 14.9 Å². The Bertz CT molecular complexity index is 820. The molecule has 0 aliphatic rings. The summed E-state index contributed by atoms with van der Waals surface area (Å²) in [6.45, 7) is 1.74. The number of hydrogen-bond acceptors (Lipinski definition) is 7. The van der Waals surface area contributed by atoms with Crippen molar-refractivity contribution >= 4 is 15.7 Å². The molecule has 2 rings (SSSR count). The zero-order valence-electron chi connectivity index (χ0n) is 11.0. The molecular formula is C12H12N4O4S. The molecule has 0 atom stereocenters. The average molecular weight is 308 g/mol. The van der Waals surface area contributed by atoms with Gasteiger partial charge in [-0.05, 0) is 19.1 Å². The lowest BCUT2D eigenvalue weighted by Gasteiger charge is -2.11. The Kier molecular flexibility index (Phi) is 3.84. The van der Waals surface area contributed by atoms with Gasteiger partial charge in [0.2, 0.25) is 10.0 Å². The molecule has 0 spiro atoms. The summed E-state index contributed by atoms with van der Waals surface area (Å²) in [7, 11) is -4.14. The standard InChI is InChI=1S/C12H12N4O4S/c1-7-4-8(16-20-7)6-19-11-3-2-10(14)12(9(11)5-13)21(15,17)18/h2-4H,6,14H2,1H3,(H2,15,17,18). The molecule has 21 heavy (non-hydrogen) atoms. The molecular weight excluding hydrogens is 296 g/mol. The minimum Gasteiger partial charge on any atom is -0.486 e. The van der Waals surface area contributed by atoms with Crippen LogP contribution < -0.4 is 15.6 Å². The van der Waals surface area contributed by atoms with E-state index in [9.17, 15) is 8.42 Å². The normalized spacial score (nSPS) is 11.1. The van der Waals surface area contributed by atoms with Crippen LogP contribution in [0, 0.1) is 18.3 Å². The highest BCUT2D eigenvalue weighted by atomic mass is 32.2. The van der Waals surface area contributed by atoms with E-state index in [0.717, 1.165) is 0 Å². The van der Waals surface area contributed by atoms with Crippen LogP contribution in [0.4, 0.5) is 5.69 Å². The van der Waals surface area contributed by atoms with Crippen LogP contribution >= 0.6 is 0 Å². The van der Waals surface area contributed by atoms with Gasteiger partial charge < -0.3 is 15.0 Å². The SMILES string of the molecule is Cc1cc(COc2ccc(N)c(S(N)(=O)=O)c2C#N)no1. The fourth-order valence-electron chi connectivity index (χ4n) is 1.75. The van der Waals surface area contributed by atoms with Gasteiger partial charge in [0.05, 0.1) is 5.69 Å². The first-order chi connectivity index (χ1) is 9.82. The second kappa shape index (κ2) is 5.43. The van der Waals surface area contributed by atoms with E-state index in [2.05, 4.69) is 5.16 Å². The Labute approximate surface area is 120 Å². The third-order valence-corrected chi connectivity index (χ3v) is 3.61. The van der Waals surface area contributed by atoms with Crippen molar-refractivity contribution in [3.05, 3.63) is 35.2 Å². The van der Waals surface area contributed by atoms with Gasteiger partial charge in [-0.3, -0.25) is 0 Å². The van der Waals surface area contributed by atoms with Gasteiger partial charge in [-0.25, -0.2) is 13.6 Å². The third kappa shape index (κ3) is 3.13. The zero-order valence-corrected chi connectivity index (χ0v) is 11.8. The van der Waals surface area contributed by atoms with Gasteiger partial charge in [-0.1, -0.05) is 5.16 Å². The number of nitrogens with zero attached hydrogens (tertiary/aromatic N) is 2. The molecule has 0 aliphatic carbocycles. The van der Waals surface area contributed by atoms with E-state index in [0.29, 0.717) is 11.5 Å². The van der Waals surface area contributed by atoms with Crippen molar-refractivity contribution in [2.24, 2.45) is 5.14 Å². The summed E-state index contributed by atoms with van der Waals surface area (Å²) >= 11 is 0. The lowest BCUT2D eigenvalue weighted by molar-refractivity contribution is 0.286. The predicted molar refractivity (Wildman–Crippen MR) is 72.5 cm³/mol. The summed E-state index contributed by atoms with van der Waals surface area (Å²) in [6.07, 6.45) is 0. The number of nitrogen functional groups attached to an aromatic ring is 1. The Balaban J connectivity index is 2.39. The molecule has 1 aromatic carbocycles. The molecule has 9 heteroatoms. The van der Waals surface area contributed by atoms with E-state index in [1.54, 1.807) is 19.1 Å². The minimum absolute atomic E-state index is 0.0139. The van der Waals surface area contributed by atoms with E-state index >= 15 is 0 Å². The largest absolute Gasteiger partial charge is 0.486 e. The summed E-state index contributed by atoms with van der Waals surface area (Å²) in [4.78, 5) is -0.446. The summed E-state index contributed by atoms with van der Waals surface area (Å²) in [5, 5.41) is 17.9. The van der Waals surface area contributed by atoms with Crippen molar-refractivity contribution in [1.82, 2.24) is 5.16 Å². The molecule has 4 N–H and O–H groups in total. The van der Waals surface area contributed by atoms with E-state index in [1.165, 1.54) is 12.1 Å². The van der Waals surface area contributed by atoms with Crippen LogP contribution in [0.3, 0.4) is 0 Å². The number of nitriles is 1. The third-order valence-electron chi connectivity index (χ3n) is 2.60. The van der Waals surface area contributed by atoms with Crippen molar-refractivity contribution in [3.63, 3.8) is 0 Å². The van der Waals surface area contributed by atoms with Crippen LogP contribution in [-0.4, -0.2) is 13.6 Å². The van der Waals surface area contributed by atoms with Crippen molar-refractivity contribution in [2.75, 3.05) is 5.73 Å². The molecule has 0 radical (unpaired) electrons. The highest BCUT2D eigenvalue weighted by Crippen LogP contribution is 2.30. The van der Waals surface area contributed by atoms with Gasteiger partial charge in [0, 0.05) is 6.07 Å². The van der Waals surface area contributed by atoms with E-state index in [4.69, 9.17) is 25.4 Å². The number of aromatic nitrogens is 1. The van der Waals surface area contributed by atoms with Gasteiger partial charge in [-0.15, -0.1) is 0 Å². The molecule has 2 aromatic rings. The molecule has 110 valence electrons. The highest BCUT2D eigenvalue weighted by Gasteiger charge is 2.22. The summed E-state index contributed by atoms with van der Waals surface area (Å²) in [5.41, 5.74) is 5.72. The summed E-state index contributed by atoms with van der Waals surface area (Å²) in [6, 6.07) is 6.11. The van der Waals surface area contributed by atoms with Crippen LogP contribution in [0.5, 0.6) is 5.75 Å². The molecule has 0 amide bonds. The Morgan fingerprint density at radius 1 is 1.48 bits per heavy atom. The molecule has 0 unspecified atom stereocenters. The Morgan fingerprint density at radius 3 is 2.71 bits per heavy atom. The molecule has 0 fully saturated rings. The van der Waals surface area contributed by atoms with Gasteiger partial charge >= 0.3 is 0 Å². The maximum absolute atomic E-state index is 11.5. The van der Waals surface area contributed by atoms with Crippen molar-refractivity contribution in [1.29, 1.82) is 5.26 Å². The van der Waals surface area contributed by atoms with Gasteiger partial charge in [0.1, 0.15) is 40.3 Å². The molecule has 0 saturated carbocycles. The number of nitrogens with two attached hydrogens (primary N) is 2. The number of primary sulfonamides is 1. The van der Waals surface area contributed by atoms with Crippen molar-refractivity contribution < 1.29 is 17.7 Å². The molecule has 0 aliphatic heterocycles. The minimum atomic E-state index is -4.14. The van der Waals surface area contributed by atoms with Crippen LogP contribution in [0.15, 0.2) is 27.6 Å². The van der Waals surface area contributed by atoms with Crippen LogP contribution in [0.1, 0.15) is 17.0 Å². The monoisotopic (exact) mass is 308 g/mol. The number of sulfonamides is 1. The first-order valence-corrected chi connectivity index (χ1v) is 7.28. The quantitative estimate of drug-likeness (QED) is 0.789. The molecule has 1 heterocycles. The number of rotatable bonds is 4. The van der Waals surface area contributed by atoms with Crippen LogP contribution in [0.2, 0.25) is 0 Å². The lowest BCUT2D eigenvalue weighted by Crippen LogP contribution is -2.16. The first kappa shape index (κ1) is 14.8. The second-order valence-electron chi connectivity index (χ2n) is 4.23. The summed E-state index contributed by atoms with van der Waals surface area (Å²) < 4.78 is 33.3. The number of hydrogen-bond donors (Lipinski definition) is 2. The smallest absolute Gasteiger partial charge is 0.241 e. The van der Waals surface area contributed by atoms with Gasteiger partial charge in [-0.2, -0.15) is 5.26 Å². The number of ether oxygens (including phenoxy) is 1. The Hall–Kier alpha value is -2.57. The highest BCUT2D eigenvalue weighted by molar-refractivity contribution is 7.89. The van der Waals surface area contributed by atoms with Crippen molar-refractivity contribution in [2.45, 2.75) is 18.4 Å². The lowest BCUT2D eigenvalue weighted by atomic mass is 10.2. The van der Waals surface area contributed by atoms with Gasteiger partial charge in [0.25, 0.3) is 0 Å². The molecule has 0 bridgehead atoms. The van der Waals surface area contributed by atoms with E-state index in [-0.39, 0.29) is 23.6 Å². The maximum Gasteiger partial charge on any atom is 0.241 e. The molecule has 8 nitrogen and oxygen atoms in total. The molecule has 1 aromatic heterocycles.